The van der Waals surface area contributed by atoms with Crippen LogP contribution in [0.2, 0.25) is 10.6 Å². The fraction of sp³-hybridized carbons (Fsp3) is 0.422. The number of benzene rings is 2. The minimum absolute atomic E-state index is 0.00828. The Bertz CT molecular complexity index is 2630. The number of carbonyl (C=O) groups is 4. The van der Waals surface area contributed by atoms with E-state index in [4.69, 9.17) is 42.1 Å². The smallest absolute Gasteiger partial charge is 0.443 e. The number of carbonyl (C=O) groups excluding carboxylic acids is 4. The Balaban J connectivity index is 0.000000236. The monoisotopic (exact) mass is 935 g/mol. The molecule has 6 rings (SSSR count). The number of ether oxygens (including phenoxy) is 5. The lowest BCUT2D eigenvalue weighted by Gasteiger charge is -2.27. The Morgan fingerprint density at radius 2 is 1.25 bits per heavy atom. The van der Waals surface area contributed by atoms with Crippen LogP contribution in [0.25, 0.3) is 21.8 Å². The molecule has 0 radical (unpaired) electrons. The van der Waals surface area contributed by atoms with Crippen molar-refractivity contribution >= 4 is 81.0 Å². The second-order valence-corrected chi connectivity index (χ2v) is 19.1. The van der Waals surface area contributed by atoms with Crippen LogP contribution in [0.15, 0.2) is 60.9 Å². The molecule has 348 valence electrons. The highest BCUT2D eigenvalue weighted by molar-refractivity contribution is 6.28. The zero-order valence-corrected chi connectivity index (χ0v) is 40.5. The molecule has 6 aromatic rings. The predicted molar refractivity (Wildman–Crippen MR) is 246 cm³/mol. The lowest BCUT2D eigenvalue weighted by molar-refractivity contribution is -0.0294. The molecule has 0 atom stereocenters. The van der Waals surface area contributed by atoms with Crippen LogP contribution in [-0.2, 0) is 30.1 Å². The molecule has 1 N–H and O–H groups in total. The summed E-state index contributed by atoms with van der Waals surface area (Å²) in [6.07, 6.45) is 0.522. The third-order valence-corrected chi connectivity index (χ3v) is 8.28. The van der Waals surface area contributed by atoms with Gasteiger partial charge in [-0.1, -0.05) is 6.07 Å². The van der Waals surface area contributed by atoms with Gasteiger partial charge in [-0.25, -0.2) is 39.0 Å². The molecule has 20 heteroatoms. The number of aryl methyl sites for hydroxylation is 2. The number of nitrogens with one attached hydrogen (secondary N) is 1. The Kier molecular flexibility index (Phi) is 16.3. The molecule has 0 saturated heterocycles. The first-order valence-electron chi connectivity index (χ1n) is 20.3. The number of halogens is 2. The highest BCUT2D eigenvalue weighted by atomic mass is 35.5. The van der Waals surface area contributed by atoms with Gasteiger partial charge >= 0.3 is 24.5 Å². The third-order valence-electron chi connectivity index (χ3n) is 7.91. The van der Waals surface area contributed by atoms with Crippen LogP contribution in [0.4, 0.5) is 30.7 Å². The van der Waals surface area contributed by atoms with Gasteiger partial charge in [-0.2, -0.15) is 19.9 Å². The second-order valence-electron chi connectivity index (χ2n) is 18.4. The summed E-state index contributed by atoms with van der Waals surface area (Å²) < 4.78 is 26.0. The van der Waals surface area contributed by atoms with E-state index in [9.17, 15) is 19.2 Å². The summed E-state index contributed by atoms with van der Waals surface area (Å²) in [7, 11) is 0. The number of aromatic nitrogens is 8. The quantitative estimate of drug-likeness (QED) is 0.0752. The Labute approximate surface area is 387 Å². The van der Waals surface area contributed by atoms with E-state index in [2.05, 4.69) is 52.1 Å². The van der Waals surface area contributed by atoms with Crippen LogP contribution in [-0.4, -0.2) is 86.8 Å². The van der Waals surface area contributed by atoms with E-state index in [-0.39, 0.29) is 16.4 Å². The van der Waals surface area contributed by atoms with Gasteiger partial charge in [0.25, 0.3) is 0 Å². The van der Waals surface area contributed by atoms with Crippen molar-refractivity contribution in [2.75, 3.05) is 4.90 Å². The molecule has 1 amide bonds. The first-order chi connectivity index (χ1) is 30.0. The maximum absolute atomic E-state index is 13.1. The Morgan fingerprint density at radius 3 is 1.80 bits per heavy atom. The molecule has 0 saturated carbocycles. The van der Waals surface area contributed by atoms with Crippen LogP contribution in [0.1, 0.15) is 106 Å². The Hall–Kier alpha value is -6.40. The number of hydrogen-bond donors (Lipinski definition) is 1. The number of H-pyrrole nitrogens is 1. The molecule has 4 aromatic heterocycles. The number of aromatic amines is 1. The molecule has 65 heavy (non-hydrogen) atoms. The highest BCUT2D eigenvalue weighted by Gasteiger charge is 2.28. The van der Waals surface area contributed by atoms with Gasteiger partial charge in [0.05, 0.1) is 22.4 Å². The molecule has 0 unspecified atom stereocenters. The van der Waals surface area contributed by atoms with Gasteiger partial charge in [-0.3, -0.25) is 5.10 Å². The second kappa shape index (κ2) is 20.6. The zero-order valence-electron chi connectivity index (χ0n) is 39.0. The maximum atomic E-state index is 13.1. The molecular weight excluding hydrogens is 881 g/mol. The van der Waals surface area contributed by atoms with Crippen LogP contribution in [0, 0.1) is 13.8 Å². The minimum Gasteiger partial charge on any atom is -0.443 e. The van der Waals surface area contributed by atoms with Crippen LogP contribution >= 0.6 is 23.2 Å². The van der Waals surface area contributed by atoms with E-state index in [0.29, 0.717) is 22.3 Å². The van der Waals surface area contributed by atoms with Crippen LogP contribution in [0.3, 0.4) is 0 Å². The number of rotatable bonds is 4. The lowest BCUT2D eigenvalue weighted by Crippen LogP contribution is -2.34. The normalized spacial score (nSPS) is 11.7. The summed E-state index contributed by atoms with van der Waals surface area (Å²) in [5, 5.41) is 13.6. The van der Waals surface area contributed by atoms with E-state index in [1.807, 2.05) is 19.1 Å². The Morgan fingerprint density at radius 1 is 0.677 bits per heavy atom. The van der Waals surface area contributed by atoms with E-state index in [0.717, 1.165) is 28.7 Å². The topological polar surface area (TPSA) is 216 Å². The number of hydrogen-bond acceptors (Lipinski definition) is 15. The van der Waals surface area contributed by atoms with Gasteiger partial charge in [-0.15, -0.1) is 0 Å². The summed E-state index contributed by atoms with van der Waals surface area (Å²) in [5.74, 6) is 0.246. The molecule has 4 heterocycles. The molecule has 0 aliphatic carbocycles. The van der Waals surface area contributed by atoms with E-state index < -0.39 is 46.9 Å². The van der Waals surface area contributed by atoms with Crippen molar-refractivity contribution in [1.29, 1.82) is 0 Å². The lowest BCUT2D eigenvalue weighted by atomic mass is 10.1. The van der Waals surface area contributed by atoms with Gasteiger partial charge in [0.1, 0.15) is 28.2 Å². The maximum Gasteiger partial charge on any atom is 0.519 e. The molecule has 18 nitrogen and oxygen atoms in total. The molecule has 0 fully saturated rings. The molecule has 0 bridgehead atoms. The van der Waals surface area contributed by atoms with E-state index in [1.54, 1.807) is 120 Å². The molecule has 2 aromatic carbocycles. The number of nitrogens with zero attached hydrogens (tertiary/aromatic N) is 8. The van der Waals surface area contributed by atoms with Crippen LogP contribution in [0.5, 0.6) is 0 Å². The number of fused-ring (bicyclic) bond motifs is 2. The average Bonchev–Trinajstić information content (AvgIpc) is 3.67. The summed E-state index contributed by atoms with van der Waals surface area (Å²) in [6.45, 7) is 24.5. The van der Waals surface area contributed by atoms with Crippen molar-refractivity contribution in [2.24, 2.45) is 0 Å². The fourth-order valence-corrected chi connectivity index (χ4v) is 5.82. The average molecular weight is 937 g/mol. The van der Waals surface area contributed by atoms with Crippen molar-refractivity contribution in [3.05, 3.63) is 94.1 Å². The highest BCUT2D eigenvalue weighted by Crippen LogP contribution is 2.31. The third kappa shape index (κ3) is 16.3. The SMILES string of the molecule is CC(C)(C)OC(=O)OC(=O)OC(C)(C)C.Cc1[nH]nc2ccc(Cc3ccnc(Cl)n3)cc12.Cc1nn(C(=O)OC(C)(C)C)c2ccc(N(C(=O)OC(C)(C)C)c3ccnc(Cl)n3)cc12. The van der Waals surface area contributed by atoms with Crippen molar-refractivity contribution in [3.8, 4) is 0 Å². The van der Waals surface area contributed by atoms with Gasteiger partial charge in [0, 0.05) is 47.0 Å². The summed E-state index contributed by atoms with van der Waals surface area (Å²) in [4.78, 5) is 65.1. The first kappa shape index (κ1) is 51.2. The fourth-order valence-electron chi connectivity index (χ4n) is 5.51. The minimum atomic E-state index is -1.06. The van der Waals surface area contributed by atoms with E-state index >= 15 is 0 Å². The van der Waals surface area contributed by atoms with Crippen molar-refractivity contribution in [1.82, 2.24) is 39.9 Å². The van der Waals surface area contributed by atoms with Gasteiger partial charge < -0.3 is 23.7 Å². The standard InChI is InChI=1S/C22H26ClN5O4.C13H11ClN4.C10H18O5/c1-13-15-12-14(8-9-16(15)28(26-13)20(30)32-22(5,6)7)27(19(29)31-21(2,3)4)17-10-11-24-18(23)25-17;1-8-11-7-9(2-3-12(11)18-17-8)6-10-4-5-15-13(14)16-10;1-9(2,3)14-7(11)13-8(12)15-10(4,5)6/h8-12H,1-7H3;2-5,7H,6H2,1H3,(H,17,18);1-6H3. The largest absolute Gasteiger partial charge is 0.519 e. The molecule has 0 spiro atoms. The van der Waals surface area contributed by atoms with Crippen molar-refractivity contribution < 1.29 is 42.9 Å². The van der Waals surface area contributed by atoms with Gasteiger partial charge in [0.15, 0.2) is 0 Å². The van der Waals surface area contributed by atoms with Crippen molar-refractivity contribution in [3.63, 3.8) is 0 Å². The van der Waals surface area contributed by atoms with Gasteiger partial charge in [-0.05, 0) is 162 Å². The zero-order chi connectivity index (χ0) is 48.7. The summed E-state index contributed by atoms with van der Waals surface area (Å²) in [5.41, 5.74) is 2.98. The first-order valence-corrected chi connectivity index (χ1v) is 21.0. The van der Waals surface area contributed by atoms with Gasteiger partial charge in [0.2, 0.25) is 10.6 Å². The molecular formula is C45H55Cl2N9O9. The summed E-state index contributed by atoms with van der Waals surface area (Å²) >= 11 is 11.7. The number of amides is 1. The molecule has 0 aliphatic heterocycles. The molecule has 0 aliphatic rings. The number of anilines is 2. The predicted octanol–water partition coefficient (Wildman–Crippen LogP) is 11.4. The van der Waals surface area contributed by atoms with Crippen molar-refractivity contribution in [2.45, 2.75) is 126 Å². The van der Waals surface area contributed by atoms with E-state index in [1.165, 1.54) is 21.3 Å². The summed E-state index contributed by atoms with van der Waals surface area (Å²) in [6, 6.07) is 14.7. The van der Waals surface area contributed by atoms with Crippen LogP contribution < -0.4 is 4.90 Å².